The molecule has 1 rings (SSSR count). The van der Waals surface area contributed by atoms with Crippen molar-refractivity contribution in [2.45, 2.75) is 26.3 Å². The number of hydrogen-bond acceptors (Lipinski definition) is 3. The van der Waals surface area contributed by atoms with Crippen LogP contribution in [0.2, 0.25) is 0 Å². The molecule has 18 heavy (non-hydrogen) atoms. The molecule has 4 nitrogen and oxygen atoms in total. The van der Waals surface area contributed by atoms with Crippen molar-refractivity contribution in [2.24, 2.45) is 0 Å². The molecule has 0 radical (unpaired) electrons. The number of hydrogen-bond donors (Lipinski definition) is 1. The molecule has 1 amide bonds. The summed E-state index contributed by atoms with van der Waals surface area (Å²) in [6.07, 6.45) is 0. The maximum Gasteiger partial charge on any atom is 0.251 e. The molecular weight excluding hydrogens is 230 g/mol. The fourth-order valence-electron chi connectivity index (χ4n) is 1.74. The molecule has 0 aliphatic heterocycles. The molecule has 4 heteroatoms. The van der Waals surface area contributed by atoms with Crippen molar-refractivity contribution in [3.8, 4) is 5.75 Å². The monoisotopic (exact) mass is 251 g/mol. The number of carbonyl (C=O) groups excluding carboxylic acids is 1. The van der Waals surface area contributed by atoms with Gasteiger partial charge in [0, 0.05) is 12.7 Å². The summed E-state index contributed by atoms with van der Waals surface area (Å²) in [4.78, 5) is 12.1. The fraction of sp³-hybridized carbons (Fsp3) is 0.500. The highest BCUT2D eigenvalue weighted by atomic mass is 16.5. The number of aryl methyl sites for hydroxylation is 1. The Morgan fingerprint density at radius 2 is 2.00 bits per heavy atom. The van der Waals surface area contributed by atoms with Crippen LogP contribution in [-0.4, -0.2) is 32.3 Å². The van der Waals surface area contributed by atoms with E-state index < -0.39 is 5.54 Å². The number of rotatable bonds is 5. The molecule has 1 aromatic carbocycles. The first-order valence-electron chi connectivity index (χ1n) is 5.86. The predicted octanol–water partition coefficient (Wildman–Crippen LogP) is 2.16. The number of ether oxygens (including phenoxy) is 2. The van der Waals surface area contributed by atoms with Gasteiger partial charge in [-0.15, -0.1) is 0 Å². The first kappa shape index (κ1) is 14.5. The highest BCUT2D eigenvalue weighted by Crippen LogP contribution is 2.19. The van der Waals surface area contributed by atoms with Crippen LogP contribution in [-0.2, 0) is 4.74 Å². The lowest BCUT2D eigenvalue weighted by Crippen LogP contribution is -2.46. The molecule has 0 atom stereocenters. The zero-order chi connectivity index (χ0) is 13.8. The normalized spacial score (nSPS) is 11.2. The van der Waals surface area contributed by atoms with Crippen LogP contribution in [0.3, 0.4) is 0 Å². The molecule has 0 unspecified atom stereocenters. The smallest absolute Gasteiger partial charge is 0.251 e. The third kappa shape index (κ3) is 3.74. The minimum absolute atomic E-state index is 0.129. The topological polar surface area (TPSA) is 47.6 Å². The SMILES string of the molecule is COCC(C)(C)NC(=O)c1ccc(C)c(OC)c1. The summed E-state index contributed by atoms with van der Waals surface area (Å²) in [6, 6.07) is 5.40. The van der Waals surface area contributed by atoms with Gasteiger partial charge in [0.1, 0.15) is 5.75 Å². The number of methoxy groups -OCH3 is 2. The van der Waals surface area contributed by atoms with Gasteiger partial charge in [-0.1, -0.05) is 6.07 Å². The Labute approximate surface area is 108 Å². The van der Waals surface area contributed by atoms with E-state index in [0.717, 1.165) is 5.56 Å². The molecule has 0 heterocycles. The van der Waals surface area contributed by atoms with Crippen molar-refractivity contribution in [1.29, 1.82) is 0 Å². The quantitative estimate of drug-likeness (QED) is 0.872. The van der Waals surface area contributed by atoms with E-state index in [1.807, 2.05) is 26.8 Å². The molecule has 1 aromatic rings. The lowest BCUT2D eigenvalue weighted by molar-refractivity contribution is 0.0819. The molecule has 0 aromatic heterocycles. The lowest BCUT2D eigenvalue weighted by atomic mass is 10.1. The predicted molar refractivity (Wildman–Crippen MR) is 71.2 cm³/mol. The largest absolute Gasteiger partial charge is 0.496 e. The second-order valence-corrected chi connectivity index (χ2v) is 4.96. The molecule has 100 valence electrons. The standard InChI is InChI=1S/C14H21NO3/c1-10-6-7-11(8-12(10)18-5)13(16)15-14(2,3)9-17-4/h6-8H,9H2,1-5H3,(H,15,16). The molecule has 1 N–H and O–H groups in total. The van der Waals surface area contributed by atoms with Gasteiger partial charge in [0.25, 0.3) is 5.91 Å². The summed E-state index contributed by atoms with van der Waals surface area (Å²) in [5, 5.41) is 2.92. The van der Waals surface area contributed by atoms with Crippen molar-refractivity contribution in [2.75, 3.05) is 20.8 Å². The third-order valence-electron chi connectivity index (χ3n) is 2.63. The highest BCUT2D eigenvalue weighted by molar-refractivity contribution is 5.95. The van der Waals surface area contributed by atoms with Gasteiger partial charge >= 0.3 is 0 Å². The maximum atomic E-state index is 12.1. The molecule has 0 spiro atoms. The molecular formula is C14H21NO3. The van der Waals surface area contributed by atoms with Crippen LogP contribution in [0.1, 0.15) is 29.8 Å². The van der Waals surface area contributed by atoms with Gasteiger partial charge in [-0.2, -0.15) is 0 Å². The van der Waals surface area contributed by atoms with Crippen LogP contribution in [0.25, 0.3) is 0 Å². The Bertz CT molecular complexity index is 427. The highest BCUT2D eigenvalue weighted by Gasteiger charge is 2.21. The van der Waals surface area contributed by atoms with Crippen LogP contribution >= 0.6 is 0 Å². The van der Waals surface area contributed by atoms with Crippen molar-refractivity contribution >= 4 is 5.91 Å². The van der Waals surface area contributed by atoms with Crippen LogP contribution in [0, 0.1) is 6.92 Å². The first-order valence-corrected chi connectivity index (χ1v) is 5.86. The molecule has 0 saturated carbocycles. The fourth-order valence-corrected chi connectivity index (χ4v) is 1.74. The van der Waals surface area contributed by atoms with Gasteiger partial charge in [0.05, 0.1) is 19.3 Å². The van der Waals surface area contributed by atoms with Crippen LogP contribution in [0.4, 0.5) is 0 Å². The van der Waals surface area contributed by atoms with Crippen molar-refractivity contribution in [1.82, 2.24) is 5.32 Å². The summed E-state index contributed by atoms with van der Waals surface area (Å²) in [5.74, 6) is 0.586. The molecule has 0 fully saturated rings. The molecule has 0 aliphatic carbocycles. The van der Waals surface area contributed by atoms with E-state index >= 15 is 0 Å². The Morgan fingerprint density at radius 1 is 1.33 bits per heavy atom. The van der Waals surface area contributed by atoms with Crippen LogP contribution < -0.4 is 10.1 Å². The Morgan fingerprint density at radius 3 is 2.56 bits per heavy atom. The summed E-state index contributed by atoms with van der Waals surface area (Å²) >= 11 is 0. The van der Waals surface area contributed by atoms with Gasteiger partial charge in [0.15, 0.2) is 0 Å². The summed E-state index contributed by atoms with van der Waals surface area (Å²) in [7, 11) is 3.21. The molecule has 0 bridgehead atoms. The van der Waals surface area contributed by atoms with Crippen molar-refractivity contribution in [3.05, 3.63) is 29.3 Å². The lowest BCUT2D eigenvalue weighted by Gasteiger charge is -2.25. The molecule has 0 saturated heterocycles. The van der Waals surface area contributed by atoms with Crippen LogP contribution in [0.5, 0.6) is 5.75 Å². The van der Waals surface area contributed by atoms with E-state index in [9.17, 15) is 4.79 Å². The van der Waals surface area contributed by atoms with Gasteiger partial charge in [-0.05, 0) is 38.5 Å². The Kier molecular flexibility index (Phi) is 4.73. The zero-order valence-corrected chi connectivity index (χ0v) is 11.7. The van der Waals surface area contributed by atoms with E-state index in [4.69, 9.17) is 9.47 Å². The number of carbonyl (C=O) groups is 1. The van der Waals surface area contributed by atoms with Gasteiger partial charge < -0.3 is 14.8 Å². The van der Waals surface area contributed by atoms with Crippen LogP contribution in [0.15, 0.2) is 18.2 Å². The Balaban J connectivity index is 2.85. The van der Waals surface area contributed by atoms with E-state index in [1.54, 1.807) is 26.4 Å². The average Bonchev–Trinajstić information content (AvgIpc) is 2.28. The van der Waals surface area contributed by atoms with Gasteiger partial charge in [-0.3, -0.25) is 4.79 Å². The van der Waals surface area contributed by atoms with Gasteiger partial charge in [0.2, 0.25) is 0 Å². The van der Waals surface area contributed by atoms with E-state index in [0.29, 0.717) is 17.9 Å². The Hall–Kier alpha value is -1.55. The molecule has 0 aliphatic rings. The zero-order valence-electron chi connectivity index (χ0n) is 11.7. The van der Waals surface area contributed by atoms with E-state index in [-0.39, 0.29) is 5.91 Å². The average molecular weight is 251 g/mol. The maximum absolute atomic E-state index is 12.1. The second kappa shape index (κ2) is 5.87. The number of nitrogens with one attached hydrogen (secondary N) is 1. The number of amides is 1. The van der Waals surface area contributed by atoms with E-state index in [2.05, 4.69) is 5.32 Å². The summed E-state index contributed by atoms with van der Waals surface area (Å²) in [5.41, 5.74) is 1.19. The van der Waals surface area contributed by atoms with Crippen molar-refractivity contribution < 1.29 is 14.3 Å². The van der Waals surface area contributed by atoms with Crippen molar-refractivity contribution in [3.63, 3.8) is 0 Å². The summed E-state index contributed by atoms with van der Waals surface area (Å²) in [6.45, 7) is 6.23. The third-order valence-corrected chi connectivity index (χ3v) is 2.63. The van der Waals surface area contributed by atoms with Gasteiger partial charge in [-0.25, -0.2) is 0 Å². The minimum atomic E-state index is -0.399. The first-order chi connectivity index (χ1) is 8.39. The number of benzene rings is 1. The second-order valence-electron chi connectivity index (χ2n) is 4.96. The summed E-state index contributed by atoms with van der Waals surface area (Å²) < 4.78 is 10.3. The van der Waals surface area contributed by atoms with E-state index in [1.165, 1.54) is 0 Å². The minimum Gasteiger partial charge on any atom is -0.496 e.